The third-order valence-corrected chi connectivity index (χ3v) is 4.91. The van der Waals surface area contributed by atoms with Crippen LogP contribution in [0, 0.1) is 19.7 Å². The Kier molecular flexibility index (Phi) is 7.59. The van der Waals surface area contributed by atoms with E-state index in [2.05, 4.69) is 20.6 Å². The van der Waals surface area contributed by atoms with Crippen molar-refractivity contribution < 1.29 is 13.9 Å². The van der Waals surface area contributed by atoms with E-state index in [0.29, 0.717) is 31.4 Å². The fourth-order valence-corrected chi connectivity index (χ4v) is 3.57. The number of fused-ring (bicyclic) bond motifs is 1. The van der Waals surface area contributed by atoms with Crippen LogP contribution in [0.3, 0.4) is 0 Å². The van der Waals surface area contributed by atoms with E-state index >= 15 is 0 Å². The molecule has 0 saturated carbocycles. The molecule has 0 bridgehead atoms. The van der Waals surface area contributed by atoms with Crippen molar-refractivity contribution in [2.75, 3.05) is 13.8 Å². The average molecular weight is 492 g/mol. The van der Waals surface area contributed by atoms with Crippen LogP contribution in [0.2, 0.25) is 0 Å². The van der Waals surface area contributed by atoms with Crippen LogP contribution < -0.4 is 15.4 Å². The lowest BCUT2D eigenvalue weighted by molar-refractivity contribution is -0.0172. The van der Waals surface area contributed by atoms with Crippen molar-refractivity contribution in [1.29, 1.82) is 0 Å². The van der Waals surface area contributed by atoms with Crippen molar-refractivity contribution in [3.05, 3.63) is 44.7 Å². The Hall–Kier alpha value is -1.46. The molecule has 0 saturated heterocycles. The minimum Gasteiger partial charge on any atom is -0.467 e. The average Bonchev–Trinajstić information content (AvgIpc) is 2.92. The van der Waals surface area contributed by atoms with Crippen LogP contribution in [0.1, 0.15) is 26.7 Å². The number of nitrogens with one attached hydrogen (secondary N) is 2. The van der Waals surface area contributed by atoms with Crippen LogP contribution in [0.15, 0.2) is 17.1 Å². The topological polar surface area (TPSA) is 67.8 Å². The van der Waals surface area contributed by atoms with Crippen LogP contribution in [0.4, 0.5) is 4.39 Å². The van der Waals surface area contributed by atoms with Crippen molar-refractivity contribution in [3.63, 3.8) is 0 Å². The number of nitrogens with zero attached hydrogens (tertiary/aromatic N) is 2. The maximum Gasteiger partial charge on any atom is 0.191 e. The smallest absolute Gasteiger partial charge is 0.191 e. The van der Waals surface area contributed by atoms with Gasteiger partial charge in [0.2, 0.25) is 0 Å². The molecule has 1 aromatic heterocycles. The van der Waals surface area contributed by atoms with E-state index in [-0.39, 0.29) is 36.6 Å². The Morgan fingerprint density at radius 3 is 2.77 bits per heavy atom. The molecule has 2 N–H and O–H groups in total. The Labute approximate surface area is 173 Å². The fourth-order valence-electron chi connectivity index (χ4n) is 2.69. The molecule has 26 heavy (non-hydrogen) atoms. The fraction of sp³-hybridized carbons (Fsp3) is 0.412. The van der Waals surface area contributed by atoms with Gasteiger partial charge in [-0.05, 0) is 26.0 Å². The third kappa shape index (κ3) is 5.04. The van der Waals surface area contributed by atoms with Gasteiger partial charge in [0, 0.05) is 29.6 Å². The molecule has 9 heteroatoms. The predicted octanol–water partition coefficient (Wildman–Crippen LogP) is 3.25. The third-order valence-electron chi connectivity index (χ3n) is 3.84. The highest BCUT2D eigenvalue weighted by Crippen LogP contribution is 2.29. The maximum atomic E-state index is 13.8. The number of ether oxygens (including phenoxy) is 2. The minimum atomic E-state index is -0.302. The lowest BCUT2D eigenvalue weighted by Crippen LogP contribution is -2.36. The first kappa shape index (κ1) is 20.8. The minimum absolute atomic E-state index is 0. The van der Waals surface area contributed by atoms with E-state index in [1.165, 1.54) is 17.0 Å². The van der Waals surface area contributed by atoms with Gasteiger partial charge < -0.3 is 20.1 Å². The monoisotopic (exact) mass is 492 g/mol. The molecule has 0 aliphatic carbocycles. The molecule has 0 radical (unpaired) electrons. The first-order valence-corrected chi connectivity index (χ1v) is 8.77. The van der Waals surface area contributed by atoms with Gasteiger partial charge in [0.05, 0.1) is 23.9 Å². The summed E-state index contributed by atoms with van der Waals surface area (Å²) in [5.74, 6) is 1.02. The van der Waals surface area contributed by atoms with Gasteiger partial charge in [-0.1, -0.05) is 0 Å². The molecule has 0 unspecified atom stereocenters. The zero-order valence-electron chi connectivity index (χ0n) is 14.9. The standard InChI is InChI=1S/C17H21FN4O2S.HI/c1-10-15(25-11(2)22-10)7-21-17(19-3)20-6-12-4-14(18)5-13-8-23-9-24-16(12)13;/h4-5H,6-9H2,1-3H3,(H2,19,20,21);1H. The van der Waals surface area contributed by atoms with Gasteiger partial charge in [0.1, 0.15) is 11.6 Å². The Morgan fingerprint density at radius 1 is 1.31 bits per heavy atom. The molecule has 1 aliphatic heterocycles. The zero-order chi connectivity index (χ0) is 17.8. The van der Waals surface area contributed by atoms with E-state index in [1.54, 1.807) is 18.4 Å². The lowest BCUT2D eigenvalue weighted by atomic mass is 10.1. The van der Waals surface area contributed by atoms with Crippen molar-refractivity contribution in [2.45, 2.75) is 33.5 Å². The molecular formula is C17H22FIN4O2S. The second-order valence-corrected chi connectivity index (χ2v) is 6.97. The van der Waals surface area contributed by atoms with Crippen LogP contribution in [0.5, 0.6) is 5.75 Å². The number of aryl methyl sites for hydroxylation is 2. The first-order valence-electron chi connectivity index (χ1n) is 7.96. The van der Waals surface area contributed by atoms with E-state index < -0.39 is 0 Å². The largest absolute Gasteiger partial charge is 0.467 e. The van der Waals surface area contributed by atoms with Crippen molar-refractivity contribution in [2.24, 2.45) is 4.99 Å². The summed E-state index contributed by atoms with van der Waals surface area (Å²) >= 11 is 1.66. The summed E-state index contributed by atoms with van der Waals surface area (Å²) in [7, 11) is 1.70. The van der Waals surface area contributed by atoms with Crippen molar-refractivity contribution >= 4 is 41.3 Å². The molecule has 1 aromatic carbocycles. The molecule has 0 atom stereocenters. The highest BCUT2D eigenvalue weighted by Gasteiger charge is 2.17. The molecule has 0 fully saturated rings. The molecule has 3 rings (SSSR count). The van der Waals surface area contributed by atoms with Gasteiger partial charge in [-0.2, -0.15) is 0 Å². The number of hydrogen-bond acceptors (Lipinski definition) is 5. The first-order chi connectivity index (χ1) is 12.1. The maximum absolute atomic E-state index is 13.8. The zero-order valence-corrected chi connectivity index (χ0v) is 18.0. The SMILES string of the molecule is CN=C(NCc1cc(F)cc2c1OCOC2)NCc1sc(C)nc1C.I. The highest BCUT2D eigenvalue weighted by atomic mass is 127. The second-order valence-electron chi connectivity index (χ2n) is 5.68. The molecule has 2 heterocycles. The highest BCUT2D eigenvalue weighted by molar-refractivity contribution is 14.0. The summed E-state index contributed by atoms with van der Waals surface area (Å²) in [4.78, 5) is 9.79. The van der Waals surface area contributed by atoms with E-state index in [4.69, 9.17) is 9.47 Å². The van der Waals surface area contributed by atoms with Crippen LogP contribution in [-0.4, -0.2) is 24.8 Å². The summed E-state index contributed by atoms with van der Waals surface area (Å²) in [5, 5.41) is 7.49. The van der Waals surface area contributed by atoms with E-state index in [9.17, 15) is 4.39 Å². The van der Waals surface area contributed by atoms with Crippen LogP contribution in [-0.2, 0) is 24.4 Å². The predicted molar refractivity (Wildman–Crippen MR) is 111 cm³/mol. The van der Waals surface area contributed by atoms with E-state index in [0.717, 1.165) is 21.8 Å². The van der Waals surface area contributed by atoms with Gasteiger partial charge in [0.15, 0.2) is 12.8 Å². The molecule has 0 amide bonds. The van der Waals surface area contributed by atoms with Crippen molar-refractivity contribution in [1.82, 2.24) is 15.6 Å². The molecule has 0 spiro atoms. The second kappa shape index (κ2) is 9.47. The Balaban J connectivity index is 0.00000243. The molecule has 1 aliphatic rings. The molecule has 6 nitrogen and oxygen atoms in total. The van der Waals surface area contributed by atoms with Gasteiger partial charge in [0.25, 0.3) is 0 Å². The van der Waals surface area contributed by atoms with Crippen LogP contribution in [0.25, 0.3) is 0 Å². The molecule has 2 aromatic rings. The van der Waals surface area contributed by atoms with Crippen molar-refractivity contribution in [3.8, 4) is 5.75 Å². The molecule has 142 valence electrons. The number of thiazole rings is 1. The number of benzene rings is 1. The molecular weight excluding hydrogens is 470 g/mol. The summed E-state index contributed by atoms with van der Waals surface area (Å²) < 4.78 is 24.5. The summed E-state index contributed by atoms with van der Waals surface area (Å²) in [6.07, 6.45) is 0. The summed E-state index contributed by atoms with van der Waals surface area (Å²) in [6, 6.07) is 2.92. The van der Waals surface area contributed by atoms with Gasteiger partial charge in [-0.15, -0.1) is 35.3 Å². The van der Waals surface area contributed by atoms with Crippen LogP contribution >= 0.6 is 35.3 Å². The number of guanidine groups is 1. The Morgan fingerprint density at radius 2 is 2.08 bits per heavy atom. The number of rotatable bonds is 4. The number of halogens is 2. The lowest BCUT2D eigenvalue weighted by Gasteiger charge is -2.21. The van der Waals surface area contributed by atoms with Gasteiger partial charge >= 0.3 is 0 Å². The van der Waals surface area contributed by atoms with E-state index in [1.807, 2.05) is 13.8 Å². The van der Waals surface area contributed by atoms with Gasteiger partial charge in [-0.25, -0.2) is 9.37 Å². The summed E-state index contributed by atoms with van der Waals surface area (Å²) in [6.45, 7) is 5.57. The Bertz CT molecular complexity index is 797. The quantitative estimate of drug-likeness (QED) is 0.390. The number of aromatic nitrogens is 1. The summed E-state index contributed by atoms with van der Waals surface area (Å²) in [5.41, 5.74) is 2.49. The number of aliphatic imine (C=N–C) groups is 1. The van der Waals surface area contributed by atoms with Gasteiger partial charge in [-0.3, -0.25) is 4.99 Å². The normalized spacial score (nSPS) is 13.5. The number of hydrogen-bond donors (Lipinski definition) is 2.